The van der Waals surface area contributed by atoms with Crippen LogP contribution in [0.2, 0.25) is 0 Å². The molecule has 0 spiro atoms. The molecule has 7 heteroatoms. The number of hydrogen-bond acceptors (Lipinski definition) is 5. The van der Waals surface area contributed by atoms with Gasteiger partial charge in [0.2, 0.25) is 0 Å². The zero-order valence-corrected chi connectivity index (χ0v) is 47.0. The van der Waals surface area contributed by atoms with E-state index in [2.05, 4.69) is 316 Å². The van der Waals surface area contributed by atoms with E-state index >= 15 is 0 Å². The maximum atomic E-state index is 6.68. The molecular weight excluding hydrogens is 998 g/mol. The molecule has 0 radical (unpaired) electrons. The largest absolute Gasteiger partial charge is 0.456 e. The van der Waals surface area contributed by atoms with Crippen LogP contribution in [0.4, 0.5) is 51.2 Å². The molecule has 2 aromatic heterocycles. The van der Waals surface area contributed by atoms with Crippen molar-refractivity contribution in [1.82, 2.24) is 9.55 Å². The number of furan rings is 1. The number of imidazole rings is 1. The molecule has 4 heterocycles. The van der Waals surface area contributed by atoms with Crippen molar-refractivity contribution < 1.29 is 4.42 Å². The Kier molecular flexibility index (Phi) is 11.3. The second kappa shape index (κ2) is 18.9. The number of aromatic nitrogens is 2. The van der Waals surface area contributed by atoms with Gasteiger partial charge in [-0.15, -0.1) is 0 Å². The van der Waals surface area contributed by atoms with Gasteiger partial charge in [-0.05, 0) is 165 Å². The Morgan fingerprint density at radius 3 is 1.55 bits per heavy atom. The van der Waals surface area contributed by atoms with Crippen LogP contribution in [0.25, 0.3) is 61.2 Å². The molecule has 15 rings (SSSR count). The van der Waals surface area contributed by atoms with E-state index in [9.17, 15) is 0 Å². The quantitative estimate of drug-likeness (QED) is 0.142. The summed E-state index contributed by atoms with van der Waals surface area (Å²) >= 11 is 0. The van der Waals surface area contributed by atoms with E-state index in [-0.39, 0.29) is 17.5 Å². The minimum Gasteiger partial charge on any atom is -0.456 e. The fourth-order valence-corrected chi connectivity index (χ4v) is 12.7. The lowest BCUT2D eigenvalue weighted by Gasteiger charge is -2.45. The molecule has 0 N–H and O–H groups in total. The Hall–Kier alpha value is -9.85. The van der Waals surface area contributed by atoms with Gasteiger partial charge in [-0.3, -0.25) is 4.57 Å². The summed E-state index contributed by atoms with van der Waals surface area (Å²) in [5.74, 6) is 0.893. The van der Waals surface area contributed by atoms with Crippen molar-refractivity contribution >= 4 is 107 Å². The van der Waals surface area contributed by atoms with Gasteiger partial charge >= 0.3 is 0 Å². The molecule has 0 amide bonds. The molecule has 394 valence electrons. The van der Waals surface area contributed by atoms with Crippen molar-refractivity contribution in [3.05, 3.63) is 266 Å². The summed E-state index contributed by atoms with van der Waals surface area (Å²) < 4.78 is 9.04. The van der Waals surface area contributed by atoms with Gasteiger partial charge in [0.15, 0.2) is 0 Å². The molecule has 0 fully saturated rings. The van der Waals surface area contributed by atoms with Gasteiger partial charge in [-0.1, -0.05) is 181 Å². The summed E-state index contributed by atoms with van der Waals surface area (Å²) in [6.07, 6.45) is 0. The number of para-hydroxylation sites is 3. The number of anilines is 9. The fourth-order valence-electron chi connectivity index (χ4n) is 12.7. The van der Waals surface area contributed by atoms with Crippen molar-refractivity contribution in [3.63, 3.8) is 0 Å². The lowest BCUT2D eigenvalue weighted by Crippen LogP contribution is -2.61. The van der Waals surface area contributed by atoms with Crippen LogP contribution < -0.4 is 31.1 Å². The van der Waals surface area contributed by atoms with Crippen molar-refractivity contribution in [1.29, 1.82) is 0 Å². The van der Waals surface area contributed by atoms with Crippen LogP contribution in [-0.4, -0.2) is 16.3 Å². The average Bonchev–Trinajstić information content (AvgIpc) is 1.17. The molecule has 0 atom stereocenters. The molecule has 82 heavy (non-hydrogen) atoms. The lowest BCUT2D eigenvalue weighted by molar-refractivity contribution is 0.590. The van der Waals surface area contributed by atoms with E-state index in [0.717, 1.165) is 107 Å². The third-order valence-corrected chi connectivity index (χ3v) is 16.8. The predicted octanol–water partition coefficient (Wildman–Crippen LogP) is 18.4. The predicted molar refractivity (Wildman–Crippen MR) is 345 cm³/mol. The van der Waals surface area contributed by atoms with Gasteiger partial charge in [0.25, 0.3) is 6.71 Å². The number of hydrogen-bond donors (Lipinski definition) is 0. The highest BCUT2D eigenvalue weighted by atomic mass is 16.3. The molecule has 0 saturated heterocycles. The highest BCUT2D eigenvalue weighted by molar-refractivity contribution is 7.00. The van der Waals surface area contributed by atoms with E-state index in [1.54, 1.807) is 0 Å². The van der Waals surface area contributed by atoms with Crippen molar-refractivity contribution in [2.45, 2.75) is 52.4 Å². The third kappa shape index (κ3) is 8.13. The van der Waals surface area contributed by atoms with Crippen LogP contribution in [0.3, 0.4) is 0 Å². The van der Waals surface area contributed by atoms with Gasteiger partial charge in [-0.25, -0.2) is 4.98 Å². The second-order valence-electron chi connectivity index (χ2n) is 24.1. The Bertz CT molecular complexity index is 4540. The van der Waals surface area contributed by atoms with E-state index < -0.39 is 0 Å². The highest BCUT2D eigenvalue weighted by Crippen LogP contribution is 2.49. The van der Waals surface area contributed by atoms with E-state index in [4.69, 9.17) is 9.40 Å². The number of nitrogens with zero attached hydrogens (tertiary/aromatic N) is 5. The summed E-state index contributed by atoms with van der Waals surface area (Å²) in [5.41, 5.74) is 24.0. The Morgan fingerprint density at radius 1 is 0.390 bits per heavy atom. The first-order chi connectivity index (χ1) is 39.9. The first-order valence-corrected chi connectivity index (χ1v) is 28.6. The smallest absolute Gasteiger partial charge is 0.252 e. The van der Waals surface area contributed by atoms with Gasteiger partial charge in [0.05, 0.1) is 11.0 Å². The van der Waals surface area contributed by atoms with E-state index in [1.807, 2.05) is 0 Å². The lowest BCUT2D eigenvalue weighted by atomic mass is 9.33. The van der Waals surface area contributed by atoms with Crippen molar-refractivity contribution in [2.75, 3.05) is 14.7 Å². The first kappa shape index (κ1) is 49.2. The second-order valence-corrected chi connectivity index (χ2v) is 24.1. The van der Waals surface area contributed by atoms with Crippen molar-refractivity contribution in [3.8, 4) is 28.2 Å². The van der Waals surface area contributed by atoms with Gasteiger partial charge in [-0.2, -0.15) is 0 Å². The maximum Gasteiger partial charge on any atom is 0.252 e. The molecule has 13 aromatic rings. The zero-order chi connectivity index (χ0) is 55.4. The van der Waals surface area contributed by atoms with Crippen LogP contribution >= 0.6 is 0 Å². The molecule has 0 aliphatic carbocycles. The summed E-state index contributed by atoms with van der Waals surface area (Å²) in [7, 11) is 0. The monoisotopic (exact) mass is 1060 g/mol. The first-order valence-electron chi connectivity index (χ1n) is 28.6. The molecular formula is C75H60BN5O. The zero-order valence-electron chi connectivity index (χ0n) is 47.0. The molecule has 0 bridgehead atoms. The van der Waals surface area contributed by atoms with E-state index in [1.165, 1.54) is 33.1 Å². The molecule has 6 nitrogen and oxygen atoms in total. The SMILES string of the molecule is CC(C)(C)c1ccc(N2c3cc(N(c4ccccc4)c4ccccc4)ccc3B3c4cc5c(cc4N(c4ccc6oc7ccc(-c8ccccc8)cc7c6c4)c4cc(C(C)(C)C)cc2c43)nc(-c2ccccc2)n5-c2ccccc2)cc1. The van der Waals surface area contributed by atoms with Gasteiger partial charge in [0.1, 0.15) is 17.0 Å². The number of rotatable bonds is 8. The standard InChI is InChI=1S/C75H60BN5O/c1-74(2,3)52-33-35-57(36-34-52)79-65-46-59(78(54-26-16-9-17-27-54)55-28-18-10-19-29-55)37-39-62(65)76-63-47-67-64(77-73(50-24-14-8-15-25-50)81(67)56-30-20-11-21-31-56)48-66(63)80(69-44-53(75(4,5)6)43-68(79)72(69)76)58-38-41-71-61(45-58)60-42-51(32-40-70(60)82-71)49-22-12-7-13-23-49/h7-48H,1-6H3. The van der Waals surface area contributed by atoms with Crippen LogP contribution in [0.1, 0.15) is 52.7 Å². The van der Waals surface area contributed by atoms with Gasteiger partial charge in [0, 0.05) is 73.2 Å². The number of benzene rings is 11. The maximum absolute atomic E-state index is 6.68. The summed E-state index contributed by atoms with van der Waals surface area (Å²) in [6, 6.07) is 93.1. The normalized spacial score (nSPS) is 12.9. The van der Waals surface area contributed by atoms with Crippen LogP contribution in [0, 0.1) is 0 Å². The third-order valence-electron chi connectivity index (χ3n) is 16.8. The summed E-state index contributed by atoms with van der Waals surface area (Å²) in [5, 5.41) is 2.15. The molecule has 2 aliphatic rings. The topological polar surface area (TPSA) is 40.7 Å². The molecule has 2 aliphatic heterocycles. The van der Waals surface area contributed by atoms with Crippen LogP contribution in [0.15, 0.2) is 259 Å². The average molecular weight is 1060 g/mol. The fraction of sp³-hybridized carbons (Fsp3) is 0.107. The minimum absolute atomic E-state index is 0.0273. The minimum atomic E-state index is -0.226. The molecule has 11 aromatic carbocycles. The Labute approximate surface area is 479 Å². The van der Waals surface area contributed by atoms with Crippen LogP contribution in [0.5, 0.6) is 0 Å². The Morgan fingerprint density at radius 2 is 0.927 bits per heavy atom. The summed E-state index contributed by atoms with van der Waals surface area (Å²) in [6.45, 7) is 13.7. The molecule has 0 unspecified atom stereocenters. The summed E-state index contributed by atoms with van der Waals surface area (Å²) in [4.78, 5) is 13.1. The van der Waals surface area contributed by atoms with Gasteiger partial charge < -0.3 is 19.1 Å². The van der Waals surface area contributed by atoms with E-state index in [0.29, 0.717) is 0 Å². The highest BCUT2D eigenvalue weighted by Gasteiger charge is 2.45. The molecule has 0 saturated carbocycles. The number of fused-ring (bicyclic) bond motifs is 8. The van der Waals surface area contributed by atoms with Crippen molar-refractivity contribution in [2.24, 2.45) is 0 Å². The van der Waals surface area contributed by atoms with Crippen LogP contribution in [-0.2, 0) is 10.8 Å². The Balaban J connectivity index is 1.05.